The summed E-state index contributed by atoms with van der Waals surface area (Å²) in [6.07, 6.45) is 3.26. The largest absolute Gasteiger partial charge is 0.477 e. The standard InChI is InChI=1S/C17H24N2O4S/c1-3-6-18-7-5-10(9-18)24-13-8-11-14(12(20)4-2)16(21)19(11)15(13)17(22)23/h3,10-12,14,20H,1,4-9H2,2H3,(H,22,23)/t10?,11-,12?,14-/m1/s1. The first-order valence-corrected chi connectivity index (χ1v) is 9.33. The number of fused-ring (bicyclic) bond motifs is 1. The van der Waals surface area contributed by atoms with Gasteiger partial charge in [-0.05, 0) is 19.4 Å². The summed E-state index contributed by atoms with van der Waals surface area (Å²) in [5.41, 5.74) is 0.136. The summed E-state index contributed by atoms with van der Waals surface area (Å²) in [5.74, 6) is -1.75. The highest BCUT2D eigenvalue weighted by molar-refractivity contribution is 8.03. The van der Waals surface area contributed by atoms with E-state index in [1.807, 2.05) is 13.0 Å². The number of carboxylic acids is 1. The number of aliphatic hydroxyl groups is 1. The lowest BCUT2D eigenvalue weighted by Crippen LogP contribution is -2.62. The molecular weight excluding hydrogens is 328 g/mol. The van der Waals surface area contributed by atoms with Gasteiger partial charge in [0.1, 0.15) is 5.70 Å². The maximum Gasteiger partial charge on any atom is 0.353 e. The number of β-lactam (4-membered cyclic amide) rings is 1. The molecule has 2 saturated heterocycles. The van der Waals surface area contributed by atoms with Crippen molar-refractivity contribution in [2.24, 2.45) is 5.92 Å². The summed E-state index contributed by atoms with van der Waals surface area (Å²) >= 11 is 1.60. The Morgan fingerprint density at radius 2 is 2.29 bits per heavy atom. The number of rotatable bonds is 7. The first kappa shape index (κ1) is 17.5. The van der Waals surface area contributed by atoms with E-state index in [0.717, 1.165) is 31.0 Å². The third kappa shape index (κ3) is 2.89. The van der Waals surface area contributed by atoms with Crippen molar-refractivity contribution in [1.82, 2.24) is 9.80 Å². The second kappa shape index (κ2) is 6.90. The van der Waals surface area contributed by atoms with Crippen molar-refractivity contribution in [2.45, 2.75) is 43.6 Å². The molecule has 0 aromatic carbocycles. The van der Waals surface area contributed by atoms with Gasteiger partial charge in [-0.1, -0.05) is 13.0 Å². The van der Waals surface area contributed by atoms with E-state index in [1.54, 1.807) is 11.8 Å². The molecule has 2 unspecified atom stereocenters. The van der Waals surface area contributed by atoms with Crippen LogP contribution in [0.15, 0.2) is 23.3 Å². The number of hydrogen-bond donors (Lipinski definition) is 2. The van der Waals surface area contributed by atoms with Gasteiger partial charge in [0.2, 0.25) is 5.91 Å². The van der Waals surface area contributed by atoms with E-state index in [-0.39, 0.29) is 17.6 Å². The van der Waals surface area contributed by atoms with E-state index in [1.165, 1.54) is 4.90 Å². The Hall–Kier alpha value is -1.31. The topological polar surface area (TPSA) is 81.1 Å². The first-order chi connectivity index (χ1) is 11.5. The van der Waals surface area contributed by atoms with Gasteiger partial charge in [-0.15, -0.1) is 18.3 Å². The van der Waals surface area contributed by atoms with Crippen LogP contribution < -0.4 is 0 Å². The molecule has 0 saturated carbocycles. The molecule has 0 bridgehead atoms. The number of amides is 1. The summed E-state index contributed by atoms with van der Waals surface area (Å²) in [6, 6.07) is -0.188. The molecule has 4 atom stereocenters. The molecule has 24 heavy (non-hydrogen) atoms. The molecule has 3 rings (SSSR count). The average molecular weight is 352 g/mol. The predicted molar refractivity (Wildman–Crippen MR) is 92.3 cm³/mol. The quantitative estimate of drug-likeness (QED) is 0.531. The minimum Gasteiger partial charge on any atom is -0.477 e. The Bertz CT molecular complexity index is 591. The minimum atomic E-state index is -1.04. The van der Waals surface area contributed by atoms with Gasteiger partial charge in [-0.3, -0.25) is 9.69 Å². The molecule has 2 fully saturated rings. The molecule has 3 aliphatic heterocycles. The first-order valence-electron chi connectivity index (χ1n) is 8.45. The van der Waals surface area contributed by atoms with Gasteiger partial charge < -0.3 is 15.1 Å². The number of aliphatic carboxylic acids is 1. The summed E-state index contributed by atoms with van der Waals surface area (Å²) in [7, 11) is 0. The number of hydrogen-bond acceptors (Lipinski definition) is 5. The Balaban J connectivity index is 1.72. The zero-order valence-electron chi connectivity index (χ0n) is 13.9. The maximum atomic E-state index is 12.3. The molecule has 0 aromatic heterocycles. The van der Waals surface area contributed by atoms with Gasteiger partial charge in [-0.25, -0.2) is 4.79 Å². The van der Waals surface area contributed by atoms with E-state index in [4.69, 9.17) is 0 Å². The van der Waals surface area contributed by atoms with Crippen LogP contribution in [0.5, 0.6) is 0 Å². The Labute approximate surface area is 146 Å². The number of thioether (sulfide) groups is 1. The van der Waals surface area contributed by atoms with Crippen molar-refractivity contribution >= 4 is 23.6 Å². The van der Waals surface area contributed by atoms with Crippen LogP contribution in [0.1, 0.15) is 26.2 Å². The fourth-order valence-electron chi connectivity index (χ4n) is 3.93. The van der Waals surface area contributed by atoms with Crippen LogP contribution in [0.2, 0.25) is 0 Å². The van der Waals surface area contributed by atoms with Crippen molar-refractivity contribution in [1.29, 1.82) is 0 Å². The van der Waals surface area contributed by atoms with Crippen LogP contribution in [0.3, 0.4) is 0 Å². The summed E-state index contributed by atoms with van der Waals surface area (Å²) in [4.78, 5) is 28.5. The van der Waals surface area contributed by atoms with Crippen LogP contribution in [0.25, 0.3) is 0 Å². The number of carbonyl (C=O) groups excluding carboxylic acids is 1. The second-order valence-corrected chi connectivity index (χ2v) is 8.03. The lowest BCUT2D eigenvalue weighted by Gasteiger charge is -2.45. The second-order valence-electron chi connectivity index (χ2n) is 6.63. The van der Waals surface area contributed by atoms with Crippen LogP contribution in [0, 0.1) is 5.92 Å². The van der Waals surface area contributed by atoms with Crippen LogP contribution in [-0.4, -0.2) is 68.9 Å². The van der Waals surface area contributed by atoms with Crippen LogP contribution >= 0.6 is 11.8 Å². The normalized spacial score (nSPS) is 31.2. The summed E-state index contributed by atoms with van der Waals surface area (Å²) < 4.78 is 0. The number of likely N-dealkylation sites (tertiary alicyclic amines) is 1. The lowest BCUT2D eigenvalue weighted by molar-refractivity contribution is -0.162. The Morgan fingerprint density at radius 3 is 2.92 bits per heavy atom. The van der Waals surface area contributed by atoms with E-state index >= 15 is 0 Å². The minimum absolute atomic E-state index is 0.136. The fraction of sp³-hybridized carbons (Fsp3) is 0.647. The highest BCUT2D eigenvalue weighted by Gasteiger charge is 2.57. The fourth-order valence-corrected chi connectivity index (χ4v) is 5.40. The van der Waals surface area contributed by atoms with E-state index in [0.29, 0.717) is 18.1 Å². The van der Waals surface area contributed by atoms with Crippen molar-refractivity contribution in [2.75, 3.05) is 19.6 Å². The van der Waals surface area contributed by atoms with Crippen molar-refractivity contribution in [3.63, 3.8) is 0 Å². The molecular formula is C17H24N2O4S. The molecule has 3 aliphatic rings. The molecule has 3 heterocycles. The van der Waals surface area contributed by atoms with Crippen molar-refractivity contribution < 1.29 is 19.8 Å². The van der Waals surface area contributed by atoms with Gasteiger partial charge in [0.15, 0.2) is 0 Å². The van der Waals surface area contributed by atoms with Crippen LogP contribution in [-0.2, 0) is 9.59 Å². The highest BCUT2D eigenvalue weighted by atomic mass is 32.2. The van der Waals surface area contributed by atoms with Gasteiger partial charge in [-0.2, -0.15) is 0 Å². The van der Waals surface area contributed by atoms with E-state index in [2.05, 4.69) is 11.5 Å². The monoisotopic (exact) mass is 352 g/mol. The number of aliphatic hydroxyl groups excluding tert-OH is 1. The predicted octanol–water partition coefficient (Wildman–Crippen LogP) is 1.28. The summed E-state index contributed by atoms with van der Waals surface area (Å²) in [6.45, 7) is 8.34. The number of carboxylic acid groups (broad SMARTS) is 1. The number of nitrogens with zero attached hydrogens (tertiary/aromatic N) is 2. The van der Waals surface area contributed by atoms with Crippen molar-refractivity contribution in [3.8, 4) is 0 Å². The SMILES string of the molecule is C=CCN1CCC(SC2=C(C(=O)O)N3C(=O)[C@@H](C(O)CC)[C@H]3C2)C1. The average Bonchev–Trinajstić information content (AvgIpc) is 3.10. The Morgan fingerprint density at radius 1 is 1.54 bits per heavy atom. The molecule has 0 radical (unpaired) electrons. The Kier molecular flexibility index (Phi) is 5.03. The zero-order chi connectivity index (χ0) is 17.4. The van der Waals surface area contributed by atoms with Gasteiger partial charge in [0, 0.05) is 29.7 Å². The van der Waals surface area contributed by atoms with E-state index in [9.17, 15) is 19.8 Å². The highest BCUT2D eigenvalue weighted by Crippen LogP contribution is 2.48. The smallest absolute Gasteiger partial charge is 0.353 e. The molecule has 2 N–H and O–H groups in total. The van der Waals surface area contributed by atoms with Gasteiger partial charge in [0.25, 0.3) is 0 Å². The van der Waals surface area contributed by atoms with E-state index < -0.39 is 18.0 Å². The molecule has 7 heteroatoms. The molecule has 0 aliphatic carbocycles. The molecule has 1 amide bonds. The number of carbonyl (C=O) groups is 2. The van der Waals surface area contributed by atoms with Gasteiger partial charge in [0.05, 0.1) is 18.1 Å². The molecule has 6 nitrogen and oxygen atoms in total. The summed E-state index contributed by atoms with van der Waals surface area (Å²) in [5, 5.41) is 20.0. The van der Waals surface area contributed by atoms with Crippen molar-refractivity contribution in [3.05, 3.63) is 23.3 Å². The lowest BCUT2D eigenvalue weighted by atomic mass is 9.82. The maximum absolute atomic E-state index is 12.3. The zero-order valence-corrected chi connectivity index (χ0v) is 14.7. The third-order valence-electron chi connectivity index (χ3n) is 5.13. The van der Waals surface area contributed by atoms with Gasteiger partial charge >= 0.3 is 5.97 Å². The molecule has 0 aromatic rings. The van der Waals surface area contributed by atoms with Crippen LogP contribution in [0.4, 0.5) is 0 Å². The molecule has 132 valence electrons. The third-order valence-corrected chi connectivity index (χ3v) is 6.49. The molecule has 0 spiro atoms.